The van der Waals surface area contributed by atoms with Crippen LogP contribution < -0.4 is 14.8 Å². The van der Waals surface area contributed by atoms with Crippen LogP contribution in [-0.4, -0.2) is 25.2 Å². The quantitative estimate of drug-likeness (QED) is 0.811. The zero-order chi connectivity index (χ0) is 17.9. The molecule has 0 atom stereocenters. The maximum Gasteiger partial charge on any atom is 0.255 e. The summed E-state index contributed by atoms with van der Waals surface area (Å²) >= 11 is 0. The Morgan fingerprint density at radius 2 is 1.75 bits per heavy atom. The van der Waals surface area contributed by atoms with Crippen molar-refractivity contribution in [1.82, 2.24) is 0 Å². The van der Waals surface area contributed by atoms with Crippen molar-refractivity contribution in [2.24, 2.45) is 0 Å². The number of carbonyl (C=O) groups is 1. The molecular weight excluding hydrogens is 306 g/mol. The van der Waals surface area contributed by atoms with Crippen LogP contribution in [0.3, 0.4) is 0 Å². The Bertz CT molecular complexity index is 753. The van der Waals surface area contributed by atoms with E-state index in [0.717, 1.165) is 11.1 Å². The molecule has 2 aromatic carbocycles. The van der Waals surface area contributed by atoms with Gasteiger partial charge in [-0.05, 0) is 54.3 Å². The Hall–Kier alpha value is -2.69. The second-order valence-corrected chi connectivity index (χ2v) is 5.90. The Morgan fingerprint density at radius 1 is 1.08 bits per heavy atom. The molecule has 0 bridgehead atoms. The van der Waals surface area contributed by atoms with Crippen molar-refractivity contribution in [2.45, 2.75) is 26.7 Å². The molecule has 24 heavy (non-hydrogen) atoms. The summed E-state index contributed by atoms with van der Waals surface area (Å²) < 4.78 is 10.4. The molecule has 0 saturated heterocycles. The average molecular weight is 329 g/mol. The van der Waals surface area contributed by atoms with Gasteiger partial charge in [-0.1, -0.05) is 13.8 Å². The van der Waals surface area contributed by atoms with Gasteiger partial charge in [-0.15, -0.1) is 0 Å². The van der Waals surface area contributed by atoms with Crippen molar-refractivity contribution in [3.05, 3.63) is 47.0 Å². The van der Waals surface area contributed by atoms with Crippen LogP contribution in [0.15, 0.2) is 30.3 Å². The van der Waals surface area contributed by atoms with Crippen LogP contribution in [0.1, 0.15) is 41.3 Å². The van der Waals surface area contributed by atoms with E-state index in [1.807, 2.05) is 26.8 Å². The fourth-order valence-corrected chi connectivity index (χ4v) is 2.48. The van der Waals surface area contributed by atoms with Crippen LogP contribution in [0.2, 0.25) is 0 Å². The smallest absolute Gasteiger partial charge is 0.255 e. The first-order valence-electron chi connectivity index (χ1n) is 7.74. The molecule has 128 valence electrons. The van der Waals surface area contributed by atoms with Gasteiger partial charge in [0.2, 0.25) is 0 Å². The van der Waals surface area contributed by atoms with Gasteiger partial charge >= 0.3 is 0 Å². The van der Waals surface area contributed by atoms with Crippen LogP contribution in [0.5, 0.6) is 17.2 Å². The second kappa shape index (κ2) is 7.25. The highest BCUT2D eigenvalue weighted by atomic mass is 16.5. The molecule has 0 heterocycles. The molecule has 2 aromatic rings. The lowest BCUT2D eigenvalue weighted by atomic mass is 9.99. The Labute approximate surface area is 142 Å². The number of phenolic OH excluding ortho intramolecular Hbond substituents is 1. The van der Waals surface area contributed by atoms with Crippen molar-refractivity contribution in [3.63, 3.8) is 0 Å². The van der Waals surface area contributed by atoms with Crippen molar-refractivity contribution < 1.29 is 19.4 Å². The van der Waals surface area contributed by atoms with Crippen LogP contribution in [0.25, 0.3) is 0 Å². The number of amides is 1. The first-order chi connectivity index (χ1) is 11.4. The third kappa shape index (κ3) is 3.62. The summed E-state index contributed by atoms with van der Waals surface area (Å²) in [6.45, 7) is 5.82. The topological polar surface area (TPSA) is 67.8 Å². The first-order valence-corrected chi connectivity index (χ1v) is 7.74. The van der Waals surface area contributed by atoms with E-state index in [1.54, 1.807) is 31.4 Å². The van der Waals surface area contributed by atoms with Gasteiger partial charge in [0.15, 0.2) is 11.5 Å². The van der Waals surface area contributed by atoms with Gasteiger partial charge in [0.1, 0.15) is 5.75 Å². The maximum atomic E-state index is 12.5. The van der Waals surface area contributed by atoms with Crippen LogP contribution in [-0.2, 0) is 0 Å². The summed E-state index contributed by atoms with van der Waals surface area (Å²) in [5.41, 5.74) is 2.73. The number of ether oxygens (including phenoxy) is 2. The summed E-state index contributed by atoms with van der Waals surface area (Å²) in [5, 5.41) is 12.9. The van der Waals surface area contributed by atoms with Gasteiger partial charge in [0.05, 0.1) is 14.2 Å². The summed E-state index contributed by atoms with van der Waals surface area (Å²) in [5.74, 6) is 1.21. The third-order valence-electron chi connectivity index (χ3n) is 3.89. The number of aryl methyl sites for hydroxylation is 1. The fourth-order valence-electron chi connectivity index (χ4n) is 2.48. The Balaban J connectivity index is 2.31. The molecule has 5 nitrogen and oxygen atoms in total. The van der Waals surface area contributed by atoms with Crippen molar-refractivity contribution in [1.29, 1.82) is 0 Å². The number of phenols is 1. The highest BCUT2D eigenvalue weighted by molar-refractivity contribution is 6.05. The predicted molar refractivity (Wildman–Crippen MR) is 94.4 cm³/mol. The van der Waals surface area contributed by atoms with Crippen LogP contribution >= 0.6 is 0 Å². The molecule has 0 unspecified atom stereocenters. The highest BCUT2D eigenvalue weighted by Crippen LogP contribution is 2.32. The summed E-state index contributed by atoms with van der Waals surface area (Å²) in [7, 11) is 3.07. The molecule has 0 fully saturated rings. The van der Waals surface area contributed by atoms with Crippen molar-refractivity contribution in [2.75, 3.05) is 19.5 Å². The molecule has 0 aliphatic rings. The number of methoxy groups -OCH3 is 2. The van der Waals surface area contributed by atoms with Gasteiger partial charge in [0, 0.05) is 11.3 Å². The average Bonchev–Trinajstić information content (AvgIpc) is 2.56. The minimum absolute atomic E-state index is 0.155. The van der Waals surface area contributed by atoms with Gasteiger partial charge in [0.25, 0.3) is 5.91 Å². The number of benzene rings is 2. The molecule has 0 aliphatic heterocycles. The number of hydrogen-bond donors (Lipinski definition) is 2. The summed E-state index contributed by atoms with van der Waals surface area (Å²) in [6, 6.07) is 8.48. The molecule has 1 amide bonds. The minimum Gasteiger partial charge on any atom is -0.508 e. The normalized spacial score (nSPS) is 10.6. The van der Waals surface area contributed by atoms with Gasteiger partial charge in [-0.2, -0.15) is 0 Å². The molecule has 2 N–H and O–H groups in total. The highest BCUT2D eigenvalue weighted by Gasteiger charge is 2.14. The van der Waals surface area contributed by atoms with E-state index < -0.39 is 0 Å². The lowest BCUT2D eigenvalue weighted by Crippen LogP contribution is -2.13. The second-order valence-electron chi connectivity index (χ2n) is 5.90. The summed E-state index contributed by atoms with van der Waals surface area (Å²) in [4.78, 5) is 12.5. The molecule has 0 aromatic heterocycles. The number of nitrogens with one attached hydrogen (secondary N) is 1. The molecule has 0 spiro atoms. The molecule has 5 heteroatoms. The number of hydrogen-bond acceptors (Lipinski definition) is 4. The van der Waals surface area contributed by atoms with E-state index in [2.05, 4.69) is 5.32 Å². The van der Waals surface area contributed by atoms with E-state index in [-0.39, 0.29) is 17.6 Å². The van der Waals surface area contributed by atoms with Crippen molar-refractivity contribution in [3.8, 4) is 17.2 Å². The van der Waals surface area contributed by atoms with Crippen LogP contribution in [0, 0.1) is 6.92 Å². The van der Waals surface area contributed by atoms with E-state index in [0.29, 0.717) is 22.7 Å². The zero-order valence-corrected chi connectivity index (χ0v) is 14.6. The predicted octanol–water partition coefficient (Wildman–Crippen LogP) is 4.09. The van der Waals surface area contributed by atoms with E-state index in [4.69, 9.17) is 9.47 Å². The molecule has 0 saturated carbocycles. The molecule has 0 radical (unpaired) electrons. The summed E-state index contributed by atoms with van der Waals surface area (Å²) in [6.07, 6.45) is 0. The standard InChI is InChI=1S/C19H23NO4/c1-11(2)14-10-15(12(3)8-16(14)21)20-19(22)13-6-7-17(23-4)18(9-13)24-5/h6-11,21H,1-5H3,(H,20,22). The molecule has 0 aliphatic carbocycles. The zero-order valence-electron chi connectivity index (χ0n) is 14.6. The number of rotatable bonds is 5. The SMILES string of the molecule is COc1ccc(C(=O)Nc2cc(C(C)C)c(O)cc2C)cc1OC. The monoisotopic (exact) mass is 329 g/mol. The Kier molecular flexibility index (Phi) is 5.34. The Morgan fingerprint density at radius 3 is 2.33 bits per heavy atom. The molecule has 2 rings (SSSR count). The van der Waals surface area contributed by atoms with Gasteiger partial charge < -0.3 is 19.9 Å². The molecular formula is C19H23NO4. The number of aromatic hydroxyl groups is 1. The van der Waals surface area contributed by atoms with E-state index in [9.17, 15) is 9.90 Å². The van der Waals surface area contributed by atoms with E-state index in [1.165, 1.54) is 7.11 Å². The lowest BCUT2D eigenvalue weighted by Gasteiger charge is -2.15. The van der Waals surface area contributed by atoms with Crippen LogP contribution in [0.4, 0.5) is 5.69 Å². The largest absolute Gasteiger partial charge is 0.508 e. The number of anilines is 1. The van der Waals surface area contributed by atoms with Gasteiger partial charge in [-0.3, -0.25) is 4.79 Å². The fraction of sp³-hybridized carbons (Fsp3) is 0.316. The minimum atomic E-state index is -0.251. The number of carbonyl (C=O) groups excluding carboxylic acids is 1. The maximum absolute atomic E-state index is 12.5. The van der Waals surface area contributed by atoms with Gasteiger partial charge in [-0.25, -0.2) is 0 Å². The van der Waals surface area contributed by atoms with Crippen molar-refractivity contribution >= 4 is 11.6 Å². The van der Waals surface area contributed by atoms with E-state index >= 15 is 0 Å². The third-order valence-corrected chi connectivity index (χ3v) is 3.89. The first kappa shape index (κ1) is 17.7. The lowest BCUT2D eigenvalue weighted by molar-refractivity contribution is 0.102.